The van der Waals surface area contributed by atoms with E-state index in [9.17, 15) is 18.0 Å². The molecule has 9 heteroatoms. The summed E-state index contributed by atoms with van der Waals surface area (Å²) in [5, 5.41) is 0. The van der Waals surface area contributed by atoms with E-state index in [4.69, 9.17) is 5.73 Å². The van der Waals surface area contributed by atoms with Gasteiger partial charge in [-0.25, -0.2) is 4.98 Å². The number of benzene rings is 1. The number of ketones is 1. The number of nitrogens with two attached hydrogens (primary N) is 1. The molecule has 0 spiro atoms. The topological polar surface area (TPSA) is 87.9 Å². The lowest BCUT2D eigenvalue weighted by molar-refractivity contribution is -0.140. The van der Waals surface area contributed by atoms with Crippen LogP contribution >= 0.6 is 0 Å². The molecule has 1 aromatic carbocycles. The minimum absolute atomic E-state index is 0.00130. The van der Waals surface area contributed by atoms with Crippen LogP contribution in [0.2, 0.25) is 0 Å². The number of nitrogens with one attached hydrogen (secondary N) is 1. The molecule has 1 fully saturated rings. The van der Waals surface area contributed by atoms with Gasteiger partial charge in [0.1, 0.15) is 11.5 Å². The Kier molecular flexibility index (Phi) is 4.52. The summed E-state index contributed by atoms with van der Waals surface area (Å²) in [6.45, 7) is 1.93. The Bertz CT molecular complexity index is 1060. The van der Waals surface area contributed by atoms with Crippen LogP contribution in [0.25, 0.3) is 11.1 Å². The minimum Gasteiger partial charge on any atom is -0.368 e. The molecule has 2 aromatic heterocycles. The van der Waals surface area contributed by atoms with E-state index < -0.39 is 17.9 Å². The van der Waals surface area contributed by atoms with Crippen molar-refractivity contribution in [1.29, 1.82) is 0 Å². The Morgan fingerprint density at radius 1 is 1.28 bits per heavy atom. The number of aromatic nitrogens is 3. The molecule has 150 valence electrons. The summed E-state index contributed by atoms with van der Waals surface area (Å²) >= 11 is 0. The predicted molar refractivity (Wildman–Crippen MR) is 102 cm³/mol. The van der Waals surface area contributed by atoms with Gasteiger partial charge in [-0.05, 0) is 25.0 Å². The van der Waals surface area contributed by atoms with Gasteiger partial charge in [0.2, 0.25) is 5.95 Å². The van der Waals surface area contributed by atoms with Crippen LogP contribution in [0.1, 0.15) is 41.1 Å². The van der Waals surface area contributed by atoms with Crippen molar-refractivity contribution in [3.63, 3.8) is 0 Å². The van der Waals surface area contributed by atoms with E-state index in [2.05, 4.69) is 15.0 Å². The number of nitrogen functional groups attached to an aromatic ring is 1. The molecule has 0 amide bonds. The monoisotopic (exact) mass is 401 g/mol. The largest absolute Gasteiger partial charge is 0.431 e. The predicted octanol–water partition coefficient (Wildman–Crippen LogP) is 4.23. The fourth-order valence-electron chi connectivity index (χ4n) is 3.54. The average molecular weight is 401 g/mol. The van der Waals surface area contributed by atoms with Crippen molar-refractivity contribution in [3.05, 3.63) is 59.5 Å². The molecule has 6 nitrogen and oxygen atoms in total. The van der Waals surface area contributed by atoms with Crippen LogP contribution in [0.4, 0.5) is 24.9 Å². The normalized spacial score (nSPS) is 16.6. The highest BCUT2D eigenvalue weighted by molar-refractivity contribution is 5.99. The molecule has 4 rings (SSSR count). The summed E-state index contributed by atoms with van der Waals surface area (Å²) in [5.41, 5.74) is 6.75. The van der Waals surface area contributed by atoms with Crippen molar-refractivity contribution in [2.24, 2.45) is 0 Å². The van der Waals surface area contributed by atoms with Gasteiger partial charge in [0.05, 0.1) is 11.6 Å². The van der Waals surface area contributed by atoms with E-state index in [0.717, 1.165) is 6.07 Å². The maximum absolute atomic E-state index is 13.4. The third-order valence-electron chi connectivity index (χ3n) is 5.03. The number of H-pyrrole nitrogens is 1. The first kappa shape index (κ1) is 19.0. The van der Waals surface area contributed by atoms with Crippen LogP contribution in [-0.4, -0.2) is 27.3 Å². The number of hydrogen-bond donors (Lipinski definition) is 2. The maximum atomic E-state index is 13.4. The molecule has 0 aliphatic carbocycles. The number of aromatic amines is 1. The van der Waals surface area contributed by atoms with Crippen molar-refractivity contribution in [2.75, 3.05) is 17.2 Å². The zero-order chi connectivity index (χ0) is 20.8. The zero-order valence-electron chi connectivity index (χ0n) is 15.5. The number of nitrogens with zero attached hydrogens (tertiary/aromatic N) is 3. The first-order valence-corrected chi connectivity index (χ1v) is 9.01. The average Bonchev–Trinajstić information content (AvgIpc) is 3.06. The molecule has 1 aliphatic heterocycles. The van der Waals surface area contributed by atoms with Crippen LogP contribution in [-0.2, 0) is 6.18 Å². The fourth-order valence-corrected chi connectivity index (χ4v) is 3.54. The van der Waals surface area contributed by atoms with Crippen LogP contribution in [0.5, 0.6) is 0 Å². The number of carbonyl (C=O) groups is 1. The Balaban J connectivity index is 1.81. The van der Waals surface area contributed by atoms with Gasteiger partial charge in [-0.15, -0.1) is 0 Å². The van der Waals surface area contributed by atoms with Gasteiger partial charge in [0.25, 0.3) is 0 Å². The van der Waals surface area contributed by atoms with E-state index in [1.165, 1.54) is 13.1 Å². The number of rotatable bonds is 4. The van der Waals surface area contributed by atoms with Gasteiger partial charge < -0.3 is 15.6 Å². The molecular formula is C20H18F3N5O. The second kappa shape index (κ2) is 6.91. The lowest BCUT2D eigenvalue weighted by atomic mass is 9.93. The highest BCUT2D eigenvalue weighted by Crippen LogP contribution is 2.44. The number of halogens is 3. The first-order chi connectivity index (χ1) is 13.8. The second-order valence-corrected chi connectivity index (χ2v) is 6.89. The van der Waals surface area contributed by atoms with Crippen LogP contribution in [0, 0.1) is 0 Å². The third kappa shape index (κ3) is 3.43. The van der Waals surface area contributed by atoms with Crippen molar-refractivity contribution in [1.82, 2.24) is 15.0 Å². The molecule has 3 N–H and O–H groups in total. The molecule has 0 radical (unpaired) electrons. The molecule has 0 bridgehead atoms. The molecule has 3 heterocycles. The van der Waals surface area contributed by atoms with E-state index in [0.29, 0.717) is 35.6 Å². The van der Waals surface area contributed by atoms with Gasteiger partial charge in [-0.1, -0.05) is 30.3 Å². The molecule has 1 atom stereocenters. The maximum Gasteiger partial charge on any atom is 0.431 e. The summed E-state index contributed by atoms with van der Waals surface area (Å²) in [6.07, 6.45) is -2.54. The highest BCUT2D eigenvalue weighted by atomic mass is 19.4. The molecule has 29 heavy (non-hydrogen) atoms. The van der Waals surface area contributed by atoms with E-state index in [-0.39, 0.29) is 17.3 Å². The highest BCUT2D eigenvalue weighted by Gasteiger charge is 2.39. The van der Waals surface area contributed by atoms with Crippen molar-refractivity contribution >= 4 is 17.5 Å². The van der Waals surface area contributed by atoms with E-state index in [1.807, 2.05) is 0 Å². The molecular weight excluding hydrogens is 383 g/mol. The van der Waals surface area contributed by atoms with E-state index >= 15 is 0 Å². The first-order valence-electron chi connectivity index (χ1n) is 9.01. The van der Waals surface area contributed by atoms with Crippen molar-refractivity contribution in [3.8, 4) is 11.1 Å². The van der Waals surface area contributed by atoms with Crippen molar-refractivity contribution in [2.45, 2.75) is 25.6 Å². The summed E-state index contributed by atoms with van der Waals surface area (Å²) < 4.78 is 40.2. The van der Waals surface area contributed by atoms with Gasteiger partial charge in [-0.3, -0.25) is 4.79 Å². The van der Waals surface area contributed by atoms with Gasteiger partial charge in [-0.2, -0.15) is 18.2 Å². The van der Waals surface area contributed by atoms with Gasteiger partial charge in [0.15, 0.2) is 5.78 Å². The number of anilines is 2. The smallest absolute Gasteiger partial charge is 0.368 e. The number of Topliss-reactive ketones (excluding diaryl/α,β-unsaturated/α-hetero) is 1. The van der Waals surface area contributed by atoms with E-state index in [1.54, 1.807) is 35.2 Å². The molecule has 3 aromatic rings. The lowest BCUT2D eigenvalue weighted by Gasteiger charge is -2.42. The summed E-state index contributed by atoms with van der Waals surface area (Å²) in [5.74, 6) is 0.0984. The second-order valence-electron chi connectivity index (χ2n) is 6.89. The van der Waals surface area contributed by atoms with Gasteiger partial charge >= 0.3 is 6.18 Å². The fraction of sp³-hybridized carbons (Fsp3) is 0.250. The summed E-state index contributed by atoms with van der Waals surface area (Å²) in [6, 6.07) is 9.61. The van der Waals surface area contributed by atoms with Gasteiger partial charge in [0, 0.05) is 24.0 Å². The molecule has 1 aliphatic rings. The number of carbonyl (C=O) groups excluding carboxylic acids is 1. The minimum atomic E-state index is -4.50. The van der Waals surface area contributed by atoms with Crippen LogP contribution in [0.3, 0.4) is 0 Å². The van der Waals surface area contributed by atoms with Crippen LogP contribution in [0.15, 0.2) is 42.6 Å². The number of hydrogen-bond acceptors (Lipinski definition) is 5. The standard InChI is InChI=1S/C20H18F3N5O/c1-11(29)14-10-25-19(24)27-18(14)28-8-7-15(28)17-13(12-5-3-2-4-6-12)9-16(26-17)20(21,22)23/h2-6,9-10,15,26H,7-8H2,1H3,(H2,24,25,27)/t15-/m0/s1. The Morgan fingerprint density at radius 3 is 2.59 bits per heavy atom. The number of alkyl halides is 3. The van der Waals surface area contributed by atoms with Crippen molar-refractivity contribution < 1.29 is 18.0 Å². The molecule has 0 saturated carbocycles. The zero-order valence-corrected chi connectivity index (χ0v) is 15.5. The summed E-state index contributed by atoms with van der Waals surface area (Å²) in [7, 11) is 0. The van der Waals surface area contributed by atoms with Crippen LogP contribution < -0.4 is 10.6 Å². The Hall–Kier alpha value is -3.36. The quantitative estimate of drug-likeness (QED) is 0.639. The lowest BCUT2D eigenvalue weighted by Crippen LogP contribution is -2.43. The third-order valence-corrected chi connectivity index (χ3v) is 5.03. The molecule has 1 saturated heterocycles. The Morgan fingerprint density at radius 2 is 2.00 bits per heavy atom. The Labute approximate surface area is 164 Å². The summed E-state index contributed by atoms with van der Waals surface area (Å²) in [4.78, 5) is 24.4. The SMILES string of the molecule is CC(=O)c1cnc(N)nc1N1CC[C@H]1c1[nH]c(C(F)(F)F)cc1-c1ccccc1. The molecule has 0 unspecified atom stereocenters.